The number of carbonyl (C=O) groups excluding carboxylic acids is 4. The monoisotopic (exact) mass is 481 g/mol. The zero-order valence-corrected chi connectivity index (χ0v) is 19.4. The van der Waals surface area contributed by atoms with E-state index in [9.17, 15) is 19.2 Å². The van der Waals surface area contributed by atoms with Crippen LogP contribution in [0.15, 0.2) is 59.3 Å². The van der Waals surface area contributed by atoms with Crippen LogP contribution in [-0.4, -0.2) is 48.8 Å². The number of ether oxygens (including phenoxy) is 1. The normalized spacial score (nSPS) is 16.5. The fraction of sp³-hybridized carbons (Fsp3) is 0.280. The summed E-state index contributed by atoms with van der Waals surface area (Å²) in [6.07, 6.45) is 4.29. The van der Waals surface area contributed by atoms with Gasteiger partial charge in [0.1, 0.15) is 10.7 Å². The van der Waals surface area contributed by atoms with Gasteiger partial charge in [0.05, 0.1) is 18.4 Å². The van der Waals surface area contributed by atoms with E-state index in [-0.39, 0.29) is 27.9 Å². The molecule has 0 radical (unpaired) electrons. The minimum atomic E-state index is -0.704. The molecule has 0 bridgehead atoms. The molecule has 1 fully saturated rings. The van der Waals surface area contributed by atoms with Crippen molar-refractivity contribution in [3.63, 3.8) is 0 Å². The fourth-order valence-corrected chi connectivity index (χ4v) is 4.25. The van der Waals surface area contributed by atoms with Gasteiger partial charge in [0.25, 0.3) is 17.7 Å². The second-order valence-electron chi connectivity index (χ2n) is 8.09. The molecule has 2 aliphatic rings. The molecule has 0 aliphatic carbocycles. The van der Waals surface area contributed by atoms with Crippen LogP contribution >= 0.6 is 11.6 Å². The Morgan fingerprint density at radius 1 is 0.912 bits per heavy atom. The van der Waals surface area contributed by atoms with Crippen molar-refractivity contribution in [3.8, 4) is 0 Å². The van der Waals surface area contributed by atoms with Crippen molar-refractivity contribution in [2.75, 3.05) is 30.4 Å². The first kappa shape index (κ1) is 23.5. The number of nitrogens with zero attached hydrogens (tertiary/aromatic N) is 2. The van der Waals surface area contributed by atoms with Crippen LogP contribution in [0.2, 0.25) is 0 Å². The van der Waals surface area contributed by atoms with E-state index in [2.05, 4.69) is 5.32 Å². The number of hydrogen-bond acceptors (Lipinski definition) is 6. The molecule has 4 rings (SSSR count). The quantitative estimate of drug-likeness (QED) is 0.513. The molecule has 2 heterocycles. The number of hydrogen-bond donors (Lipinski definition) is 1. The van der Waals surface area contributed by atoms with E-state index in [4.69, 9.17) is 16.3 Å². The number of nitrogens with one attached hydrogen (secondary N) is 1. The molecule has 2 aliphatic heterocycles. The number of likely N-dealkylation sites (tertiary alicyclic amines) is 1. The first-order valence-electron chi connectivity index (χ1n) is 11.0. The highest BCUT2D eigenvalue weighted by atomic mass is 35.5. The topological polar surface area (TPSA) is 96.0 Å². The maximum absolute atomic E-state index is 13.0. The molecular weight excluding hydrogens is 458 g/mol. The summed E-state index contributed by atoms with van der Waals surface area (Å²) >= 11 is 6.20. The number of esters is 1. The number of amides is 3. The van der Waals surface area contributed by atoms with Gasteiger partial charge in [-0.05, 0) is 55.3 Å². The van der Waals surface area contributed by atoms with Crippen LogP contribution in [0.1, 0.15) is 46.4 Å². The van der Waals surface area contributed by atoms with Crippen molar-refractivity contribution in [3.05, 3.63) is 70.4 Å². The van der Waals surface area contributed by atoms with Gasteiger partial charge >= 0.3 is 5.97 Å². The minimum absolute atomic E-state index is 0.0190. The van der Waals surface area contributed by atoms with Crippen LogP contribution in [0.4, 0.5) is 11.4 Å². The van der Waals surface area contributed by atoms with Crippen LogP contribution in [0, 0.1) is 0 Å². The molecule has 0 unspecified atom stereocenters. The maximum atomic E-state index is 13.0. The Kier molecular flexibility index (Phi) is 6.98. The Bertz CT molecular complexity index is 1170. The average molecular weight is 482 g/mol. The molecule has 0 aromatic heterocycles. The highest BCUT2D eigenvalue weighted by molar-refractivity contribution is 6.53. The van der Waals surface area contributed by atoms with Crippen molar-refractivity contribution in [2.45, 2.75) is 25.7 Å². The second kappa shape index (κ2) is 10.1. The lowest BCUT2D eigenvalue weighted by Gasteiger charge is -2.20. The largest absolute Gasteiger partial charge is 0.465 e. The molecule has 3 amide bonds. The fourth-order valence-electron chi connectivity index (χ4n) is 4.03. The zero-order valence-electron chi connectivity index (χ0n) is 18.7. The van der Waals surface area contributed by atoms with Crippen LogP contribution < -0.4 is 10.2 Å². The number of halogens is 1. The Balaban J connectivity index is 1.50. The van der Waals surface area contributed by atoms with E-state index in [1.807, 2.05) is 4.90 Å². The summed E-state index contributed by atoms with van der Waals surface area (Å²) < 4.78 is 4.70. The van der Waals surface area contributed by atoms with Crippen LogP contribution in [-0.2, 0) is 14.3 Å². The summed E-state index contributed by atoms with van der Waals surface area (Å²) in [6, 6.07) is 12.7. The van der Waals surface area contributed by atoms with Gasteiger partial charge < -0.3 is 15.0 Å². The van der Waals surface area contributed by atoms with E-state index in [1.165, 1.54) is 25.3 Å². The summed E-state index contributed by atoms with van der Waals surface area (Å²) in [6.45, 7) is 1.51. The van der Waals surface area contributed by atoms with Crippen molar-refractivity contribution < 1.29 is 23.9 Å². The standard InChI is InChI=1S/C25H24ClN3O5/c1-34-25(33)17-7-6-8-19(15-17)29-23(31)20(26)21(24(29)32)27-18-11-9-16(10-12-18)22(30)28-13-4-2-3-5-14-28/h6-12,15,27H,2-5,13-14H2,1H3. The van der Waals surface area contributed by atoms with E-state index >= 15 is 0 Å². The van der Waals surface area contributed by atoms with Gasteiger partial charge in [-0.2, -0.15) is 0 Å². The molecule has 9 heteroatoms. The Morgan fingerprint density at radius 2 is 1.59 bits per heavy atom. The van der Waals surface area contributed by atoms with Gasteiger partial charge in [-0.3, -0.25) is 14.4 Å². The Morgan fingerprint density at radius 3 is 2.24 bits per heavy atom. The summed E-state index contributed by atoms with van der Waals surface area (Å²) in [7, 11) is 1.24. The predicted molar refractivity (Wildman–Crippen MR) is 128 cm³/mol. The van der Waals surface area contributed by atoms with Gasteiger partial charge in [-0.1, -0.05) is 30.5 Å². The third kappa shape index (κ3) is 4.68. The predicted octanol–water partition coefficient (Wildman–Crippen LogP) is 3.93. The first-order valence-corrected chi connectivity index (χ1v) is 11.4. The van der Waals surface area contributed by atoms with E-state index in [0.29, 0.717) is 11.3 Å². The van der Waals surface area contributed by atoms with E-state index < -0.39 is 17.8 Å². The molecule has 2 aromatic rings. The van der Waals surface area contributed by atoms with Gasteiger partial charge in [0.2, 0.25) is 0 Å². The zero-order chi connectivity index (χ0) is 24.2. The van der Waals surface area contributed by atoms with Crippen molar-refractivity contribution >= 4 is 46.7 Å². The number of imide groups is 1. The molecule has 2 aromatic carbocycles. The maximum Gasteiger partial charge on any atom is 0.337 e. The molecule has 0 saturated carbocycles. The van der Waals surface area contributed by atoms with Crippen LogP contribution in [0.3, 0.4) is 0 Å². The van der Waals surface area contributed by atoms with Gasteiger partial charge in [0.15, 0.2) is 0 Å². The summed E-state index contributed by atoms with van der Waals surface area (Å²) in [4.78, 5) is 53.1. The summed E-state index contributed by atoms with van der Waals surface area (Å²) in [5.41, 5.74) is 1.38. The SMILES string of the molecule is COC(=O)c1cccc(N2C(=O)C(Cl)=C(Nc3ccc(C(=O)N4CCCCCC4)cc3)C2=O)c1. The molecule has 1 N–H and O–H groups in total. The third-order valence-electron chi connectivity index (χ3n) is 5.85. The smallest absolute Gasteiger partial charge is 0.337 e. The lowest BCUT2D eigenvalue weighted by atomic mass is 10.1. The second-order valence-corrected chi connectivity index (χ2v) is 8.46. The number of rotatable bonds is 5. The van der Waals surface area contributed by atoms with Crippen molar-refractivity contribution in [1.82, 2.24) is 4.90 Å². The Labute approximate surface area is 202 Å². The molecule has 1 saturated heterocycles. The molecule has 0 atom stereocenters. The average Bonchev–Trinajstić information content (AvgIpc) is 3.06. The summed E-state index contributed by atoms with van der Waals surface area (Å²) in [5, 5.41) is 2.63. The highest BCUT2D eigenvalue weighted by Gasteiger charge is 2.39. The number of carbonyl (C=O) groups is 4. The highest BCUT2D eigenvalue weighted by Crippen LogP contribution is 2.31. The molecule has 176 valence electrons. The van der Waals surface area contributed by atoms with Crippen LogP contribution in [0.5, 0.6) is 0 Å². The number of benzene rings is 2. The number of methoxy groups -OCH3 is 1. The first-order chi connectivity index (χ1) is 16.4. The Hall–Kier alpha value is -3.65. The van der Waals surface area contributed by atoms with Crippen molar-refractivity contribution in [1.29, 1.82) is 0 Å². The van der Waals surface area contributed by atoms with E-state index in [0.717, 1.165) is 43.7 Å². The van der Waals surface area contributed by atoms with Gasteiger partial charge in [-0.25, -0.2) is 9.69 Å². The lowest BCUT2D eigenvalue weighted by Crippen LogP contribution is -2.32. The third-order valence-corrected chi connectivity index (χ3v) is 6.20. The van der Waals surface area contributed by atoms with Gasteiger partial charge in [0, 0.05) is 24.3 Å². The minimum Gasteiger partial charge on any atom is -0.465 e. The molecule has 8 nitrogen and oxygen atoms in total. The summed E-state index contributed by atoms with van der Waals surface area (Å²) in [5.74, 6) is -1.96. The molecular formula is C25H24ClN3O5. The van der Waals surface area contributed by atoms with Gasteiger partial charge in [-0.15, -0.1) is 0 Å². The van der Waals surface area contributed by atoms with Crippen LogP contribution in [0.25, 0.3) is 0 Å². The molecule has 34 heavy (non-hydrogen) atoms. The lowest BCUT2D eigenvalue weighted by molar-refractivity contribution is -0.120. The number of anilines is 2. The molecule has 0 spiro atoms. The van der Waals surface area contributed by atoms with Crippen molar-refractivity contribution in [2.24, 2.45) is 0 Å². The van der Waals surface area contributed by atoms with E-state index in [1.54, 1.807) is 30.3 Å².